The molecule has 28 heavy (non-hydrogen) atoms. The van der Waals surface area contributed by atoms with Gasteiger partial charge in [0.25, 0.3) is 0 Å². The number of hydrogen-bond acceptors (Lipinski definition) is 4. The fraction of sp³-hybridized carbons (Fsp3) is 0.400. The predicted octanol–water partition coefficient (Wildman–Crippen LogP) is 3.76. The van der Waals surface area contributed by atoms with Gasteiger partial charge >= 0.3 is 6.18 Å². The summed E-state index contributed by atoms with van der Waals surface area (Å²) >= 11 is 0. The minimum atomic E-state index is -4.41. The first-order chi connectivity index (χ1) is 13.1. The number of carbonyl (C=O) groups excluding carboxylic acids is 1. The molecule has 0 spiro atoms. The number of piperidine rings is 1. The molecule has 5 nitrogen and oxygen atoms in total. The Kier molecular flexibility index (Phi) is 5.45. The van der Waals surface area contributed by atoms with Crippen molar-refractivity contribution in [1.29, 1.82) is 0 Å². The number of carbonyl (C=O) groups is 1. The second kappa shape index (κ2) is 7.52. The zero-order chi connectivity index (χ0) is 20.5. The summed E-state index contributed by atoms with van der Waals surface area (Å²) < 4.78 is 38.4. The smallest absolute Gasteiger partial charge is 0.385 e. The molecular weight excluding hydrogens is 371 g/mol. The number of nitrogens with one attached hydrogen (secondary N) is 2. The van der Waals surface area contributed by atoms with Crippen molar-refractivity contribution in [3.63, 3.8) is 0 Å². The first kappa shape index (κ1) is 20.3. The van der Waals surface area contributed by atoms with E-state index >= 15 is 0 Å². The van der Waals surface area contributed by atoms with Crippen molar-refractivity contribution in [2.45, 2.75) is 50.6 Å². The second-order valence-corrected chi connectivity index (χ2v) is 7.29. The van der Waals surface area contributed by atoms with Gasteiger partial charge in [-0.15, -0.1) is 0 Å². The Morgan fingerprint density at radius 3 is 2.43 bits per heavy atom. The highest BCUT2D eigenvalue weighted by atomic mass is 19.4. The van der Waals surface area contributed by atoms with E-state index in [1.807, 2.05) is 6.92 Å². The maximum absolute atomic E-state index is 12.8. The van der Waals surface area contributed by atoms with Crippen LogP contribution in [0.25, 0.3) is 0 Å². The Balaban J connectivity index is 1.82. The van der Waals surface area contributed by atoms with Gasteiger partial charge in [-0.25, -0.2) is 4.98 Å². The average molecular weight is 393 g/mol. The molecule has 8 heteroatoms. The van der Waals surface area contributed by atoms with E-state index in [-0.39, 0.29) is 18.0 Å². The van der Waals surface area contributed by atoms with Crippen LogP contribution in [0.5, 0.6) is 0 Å². The van der Waals surface area contributed by atoms with E-state index in [1.54, 1.807) is 18.3 Å². The zero-order valence-electron chi connectivity index (χ0n) is 15.5. The number of halogens is 3. The van der Waals surface area contributed by atoms with Crippen molar-refractivity contribution >= 4 is 11.7 Å². The van der Waals surface area contributed by atoms with E-state index in [0.717, 1.165) is 17.7 Å². The zero-order valence-corrected chi connectivity index (χ0v) is 15.5. The number of pyridine rings is 1. The summed E-state index contributed by atoms with van der Waals surface area (Å²) in [5, 5.41) is 17.2. The molecule has 2 aromatic rings. The Labute approximate surface area is 161 Å². The van der Waals surface area contributed by atoms with Crippen LogP contribution in [0.3, 0.4) is 0 Å². The SMILES string of the molecule is CC(=O)Nc1ccc([C@@H]2CC(O)(c3ccc(C(F)(F)F)cc3)C[C@H](C)N2)cn1. The van der Waals surface area contributed by atoms with Gasteiger partial charge in [0, 0.05) is 25.2 Å². The lowest BCUT2D eigenvalue weighted by molar-refractivity contribution is -0.137. The molecule has 1 aliphatic rings. The molecule has 1 aliphatic heterocycles. The summed E-state index contributed by atoms with van der Waals surface area (Å²) in [6.07, 6.45) is -2.11. The molecule has 1 fully saturated rings. The summed E-state index contributed by atoms with van der Waals surface area (Å²) in [5.41, 5.74) is -0.709. The molecule has 1 amide bonds. The van der Waals surface area contributed by atoms with E-state index in [2.05, 4.69) is 15.6 Å². The van der Waals surface area contributed by atoms with Crippen LogP contribution >= 0.6 is 0 Å². The van der Waals surface area contributed by atoms with Gasteiger partial charge in [0.1, 0.15) is 5.82 Å². The number of amides is 1. The molecule has 0 bridgehead atoms. The highest BCUT2D eigenvalue weighted by molar-refractivity contribution is 5.87. The lowest BCUT2D eigenvalue weighted by Crippen LogP contribution is -2.46. The minimum absolute atomic E-state index is 0.0546. The van der Waals surface area contributed by atoms with Gasteiger partial charge in [0.05, 0.1) is 11.2 Å². The van der Waals surface area contributed by atoms with Gasteiger partial charge in [-0.3, -0.25) is 4.79 Å². The van der Waals surface area contributed by atoms with Crippen molar-refractivity contribution in [3.05, 3.63) is 59.3 Å². The van der Waals surface area contributed by atoms with Crippen LogP contribution in [0.2, 0.25) is 0 Å². The van der Waals surface area contributed by atoms with Crippen LogP contribution in [0.1, 0.15) is 49.4 Å². The minimum Gasteiger partial charge on any atom is -0.385 e. The first-order valence-corrected chi connectivity index (χ1v) is 8.96. The average Bonchev–Trinajstić information content (AvgIpc) is 2.60. The van der Waals surface area contributed by atoms with Crippen molar-refractivity contribution in [2.75, 3.05) is 5.32 Å². The number of aliphatic hydroxyl groups is 1. The monoisotopic (exact) mass is 393 g/mol. The number of hydrogen-bond donors (Lipinski definition) is 3. The number of anilines is 1. The molecule has 1 aromatic heterocycles. The molecule has 0 radical (unpaired) electrons. The summed E-state index contributed by atoms with van der Waals surface area (Å²) in [6.45, 7) is 3.31. The number of aromatic nitrogens is 1. The van der Waals surface area contributed by atoms with Crippen LogP contribution in [0, 0.1) is 0 Å². The standard InChI is InChI=1S/C20H22F3N3O2/c1-12-9-19(28,15-4-6-16(7-5-15)20(21,22)23)10-17(25-12)14-3-8-18(24-11-14)26-13(2)27/h3-8,11-12,17,25,28H,9-10H2,1-2H3,(H,24,26,27)/t12-,17-,19?/m0/s1. The normalized spacial score (nSPS) is 25.4. The third-order valence-corrected chi connectivity index (χ3v) is 4.91. The summed E-state index contributed by atoms with van der Waals surface area (Å²) in [4.78, 5) is 15.3. The molecule has 1 unspecified atom stereocenters. The first-order valence-electron chi connectivity index (χ1n) is 8.96. The number of rotatable bonds is 3. The maximum Gasteiger partial charge on any atom is 0.416 e. The van der Waals surface area contributed by atoms with Crippen LogP contribution in [-0.4, -0.2) is 22.0 Å². The number of alkyl halides is 3. The van der Waals surface area contributed by atoms with Crippen LogP contribution in [0.15, 0.2) is 42.6 Å². The van der Waals surface area contributed by atoms with Crippen LogP contribution in [-0.2, 0) is 16.6 Å². The maximum atomic E-state index is 12.8. The fourth-order valence-corrected chi connectivity index (χ4v) is 3.67. The molecule has 0 saturated carbocycles. The molecule has 1 saturated heterocycles. The molecular formula is C20H22F3N3O2. The molecule has 2 heterocycles. The van der Waals surface area contributed by atoms with E-state index in [9.17, 15) is 23.1 Å². The van der Waals surface area contributed by atoms with Gasteiger partial charge in [0.15, 0.2) is 0 Å². The van der Waals surface area contributed by atoms with Crippen LogP contribution in [0.4, 0.5) is 19.0 Å². The molecule has 0 aliphatic carbocycles. The van der Waals surface area contributed by atoms with Gasteiger partial charge in [0.2, 0.25) is 5.91 Å². The molecule has 3 rings (SSSR count). The lowest BCUT2D eigenvalue weighted by atomic mass is 9.77. The Hall–Kier alpha value is -2.45. The fourth-order valence-electron chi connectivity index (χ4n) is 3.67. The quantitative estimate of drug-likeness (QED) is 0.742. The van der Waals surface area contributed by atoms with Crippen molar-refractivity contribution in [1.82, 2.24) is 10.3 Å². The third kappa shape index (κ3) is 4.51. The summed E-state index contributed by atoms with van der Waals surface area (Å²) in [5.74, 6) is 0.208. The largest absolute Gasteiger partial charge is 0.416 e. The lowest BCUT2D eigenvalue weighted by Gasteiger charge is -2.41. The second-order valence-electron chi connectivity index (χ2n) is 7.29. The van der Waals surface area contributed by atoms with Crippen molar-refractivity contribution in [2.24, 2.45) is 0 Å². The Morgan fingerprint density at radius 1 is 1.21 bits per heavy atom. The molecule has 1 aromatic carbocycles. The van der Waals surface area contributed by atoms with Crippen molar-refractivity contribution in [3.8, 4) is 0 Å². The van der Waals surface area contributed by atoms with Gasteiger partial charge in [-0.05, 0) is 49.1 Å². The molecule has 3 atom stereocenters. The predicted molar refractivity (Wildman–Crippen MR) is 98.5 cm³/mol. The highest BCUT2D eigenvalue weighted by Crippen LogP contribution is 2.41. The number of nitrogens with zero attached hydrogens (tertiary/aromatic N) is 1. The topological polar surface area (TPSA) is 74.2 Å². The van der Waals surface area contributed by atoms with E-state index in [1.165, 1.54) is 19.1 Å². The van der Waals surface area contributed by atoms with Gasteiger partial charge in [-0.1, -0.05) is 18.2 Å². The summed E-state index contributed by atoms with van der Waals surface area (Å²) in [7, 11) is 0. The van der Waals surface area contributed by atoms with Crippen LogP contribution < -0.4 is 10.6 Å². The molecule has 3 N–H and O–H groups in total. The number of benzene rings is 1. The Morgan fingerprint density at radius 2 is 1.89 bits per heavy atom. The van der Waals surface area contributed by atoms with E-state index < -0.39 is 17.3 Å². The van der Waals surface area contributed by atoms with Crippen molar-refractivity contribution < 1.29 is 23.1 Å². The third-order valence-electron chi connectivity index (χ3n) is 4.91. The highest BCUT2D eigenvalue weighted by Gasteiger charge is 2.40. The van der Waals surface area contributed by atoms with Gasteiger partial charge in [-0.2, -0.15) is 13.2 Å². The van der Waals surface area contributed by atoms with E-state index in [4.69, 9.17) is 0 Å². The molecule has 150 valence electrons. The summed E-state index contributed by atoms with van der Waals surface area (Å²) in [6, 6.07) is 7.88. The van der Waals surface area contributed by atoms with E-state index in [0.29, 0.717) is 24.2 Å². The Bertz CT molecular complexity index is 837. The van der Waals surface area contributed by atoms with Gasteiger partial charge < -0.3 is 15.7 Å².